The molecule has 0 fully saturated rings. The Bertz CT molecular complexity index is 472. The summed E-state index contributed by atoms with van der Waals surface area (Å²) < 4.78 is 2.04. The molecule has 0 radical (unpaired) electrons. The van der Waals surface area contributed by atoms with Gasteiger partial charge in [-0.15, -0.1) is 0 Å². The number of pyridine rings is 1. The molecule has 1 N–H and O–H groups in total. The molecule has 104 valence electrons. The summed E-state index contributed by atoms with van der Waals surface area (Å²) in [5.41, 5.74) is 2.04. The first-order chi connectivity index (χ1) is 9.28. The first-order valence-electron chi connectivity index (χ1n) is 7.06. The van der Waals surface area contributed by atoms with E-state index in [2.05, 4.69) is 29.9 Å². The summed E-state index contributed by atoms with van der Waals surface area (Å²) in [5.74, 6) is 0. The fourth-order valence-corrected chi connectivity index (χ4v) is 2.60. The molecule has 19 heavy (non-hydrogen) atoms. The average molecular weight is 261 g/mol. The highest BCUT2D eigenvalue weighted by atomic mass is 16.3. The molecule has 0 unspecified atom stereocenters. The van der Waals surface area contributed by atoms with Crippen LogP contribution in [0.1, 0.15) is 32.4 Å². The number of rotatable bonds is 7. The second-order valence-corrected chi connectivity index (χ2v) is 4.86. The number of hydrogen-bond donors (Lipinski definition) is 1. The number of aliphatic hydroxyl groups excluding tert-OH is 1. The minimum Gasteiger partial charge on any atom is -0.395 e. The van der Waals surface area contributed by atoms with Crippen LogP contribution in [0.25, 0.3) is 5.65 Å². The van der Waals surface area contributed by atoms with Crippen LogP contribution in [0.5, 0.6) is 0 Å². The smallest absolute Gasteiger partial charge is 0.137 e. The predicted octanol–water partition coefficient (Wildman–Crippen LogP) is 2.32. The van der Waals surface area contributed by atoms with Crippen LogP contribution in [0.4, 0.5) is 0 Å². The summed E-state index contributed by atoms with van der Waals surface area (Å²) in [4.78, 5) is 6.95. The van der Waals surface area contributed by atoms with Gasteiger partial charge in [-0.25, -0.2) is 4.98 Å². The fraction of sp³-hybridized carbons (Fsp3) is 0.533. The Kier molecular flexibility index (Phi) is 4.93. The van der Waals surface area contributed by atoms with E-state index in [4.69, 9.17) is 0 Å². The lowest BCUT2D eigenvalue weighted by molar-refractivity contribution is 0.135. The van der Waals surface area contributed by atoms with Crippen molar-refractivity contribution >= 4 is 5.65 Å². The highest BCUT2D eigenvalue weighted by Crippen LogP contribution is 2.13. The third kappa shape index (κ3) is 3.33. The van der Waals surface area contributed by atoms with Crippen LogP contribution in [-0.4, -0.2) is 38.6 Å². The third-order valence-electron chi connectivity index (χ3n) is 3.63. The van der Waals surface area contributed by atoms with E-state index in [-0.39, 0.29) is 6.61 Å². The van der Waals surface area contributed by atoms with E-state index in [0.29, 0.717) is 12.6 Å². The van der Waals surface area contributed by atoms with Crippen molar-refractivity contribution in [1.29, 1.82) is 0 Å². The van der Waals surface area contributed by atoms with Crippen LogP contribution in [0.15, 0.2) is 30.6 Å². The van der Waals surface area contributed by atoms with Gasteiger partial charge in [0.2, 0.25) is 0 Å². The number of fused-ring (bicyclic) bond motifs is 1. The van der Waals surface area contributed by atoms with E-state index in [1.807, 2.05) is 28.8 Å². The third-order valence-corrected chi connectivity index (χ3v) is 3.63. The molecule has 2 heterocycles. The predicted molar refractivity (Wildman–Crippen MR) is 77.1 cm³/mol. The van der Waals surface area contributed by atoms with Gasteiger partial charge in [0.15, 0.2) is 0 Å². The zero-order valence-electron chi connectivity index (χ0n) is 11.8. The Balaban J connectivity index is 2.15. The van der Waals surface area contributed by atoms with Gasteiger partial charge in [0.1, 0.15) is 5.65 Å². The molecular formula is C15H23N3O. The summed E-state index contributed by atoms with van der Waals surface area (Å²) in [6, 6.07) is 6.53. The van der Waals surface area contributed by atoms with Crippen LogP contribution in [0.2, 0.25) is 0 Å². The minimum atomic E-state index is 0.198. The quantitative estimate of drug-likeness (QED) is 0.831. The maximum Gasteiger partial charge on any atom is 0.137 e. The monoisotopic (exact) mass is 261 g/mol. The summed E-state index contributed by atoms with van der Waals surface area (Å²) in [7, 11) is 0. The summed E-state index contributed by atoms with van der Waals surface area (Å²) in [5, 5.41) is 9.23. The van der Waals surface area contributed by atoms with Gasteiger partial charge in [0.05, 0.1) is 12.3 Å². The standard InChI is InChI=1S/C15H23N3O/c1-3-14(4-2)17(9-10-19)11-13-12-18-8-6-5-7-15(18)16-13/h5-8,12,14,19H,3-4,9-11H2,1-2H3. The van der Waals surface area contributed by atoms with Gasteiger partial charge in [0, 0.05) is 31.5 Å². The summed E-state index contributed by atoms with van der Waals surface area (Å²) in [6.45, 7) is 6.10. The molecule has 2 aromatic heterocycles. The normalized spacial score (nSPS) is 11.8. The molecule has 0 saturated heterocycles. The first-order valence-corrected chi connectivity index (χ1v) is 7.06. The van der Waals surface area contributed by atoms with Crippen LogP contribution in [-0.2, 0) is 6.54 Å². The lowest BCUT2D eigenvalue weighted by Crippen LogP contribution is -2.36. The number of hydrogen-bond acceptors (Lipinski definition) is 3. The van der Waals surface area contributed by atoms with Crippen molar-refractivity contribution in [3.05, 3.63) is 36.3 Å². The molecule has 0 aliphatic rings. The fourth-order valence-electron chi connectivity index (χ4n) is 2.60. The molecule has 2 rings (SSSR count). The van der Waals surface area contributed by atoms with Gasteiger partial charge in [0.25, 0.3) is 0 Å². The van der Waals surface area contributed by atoms with Crippen molar-refractivity contribution < 1.29 is 5.11 Å². The molecule has 0 spiro atoms. The Labute approximate surface area is 114 Å². The highest BCUT2D eigenvalue weighted by Gasteiger charge is 2.16. The van der Waals surface area contributed by atoms with Crippen molar-refractivity contribution in [3.8, 4) is 0 Å². The van der Waals surface area contributed by atoms with Crippen molar-refractivity contribution in [2.24, 2.45) is 0 Å². The molecule has 0 atom stereocenters. The zero-order valence-corrected chi connectivity index (χ0v) is 11.8. The van der Waals surface area contributed by atoms with Crippen LogP contribution in [0.3, 0.4) is 0 Å². The molecule has 0 aliphatic heterocycles. The van der Waals surface area contributed by atoms with Crippen LogP contribution >= 0.6 is 0 Å². The van der Waals surface area contributed by atoms with Gasteiger partial charge in [-0.2, -0.15) is 0 Å². The van der Waals surface area contributed by atoms with Crippen molar-refractivity contribution in [1.82, 2.24) is 14.3 Å². The van der Waals surface area contributed by atoms with Crippen molar-refractivity contribution in [2.45, 2.75) is 39.3 Å². The average Bonchev–Trinajstić information content (AvgIpc) is 2.82. The van der Waals surface area contributed by atoms with E-state index in [0.717, 1.165) is 30.7 Å². The minimum absolute atomic E-state index is 0.198. The number of aliphatic hydroxyl groups is 1. The molecular weight excluding hydrogens is 238 g/mol. The highest BCUT2D eigenvalue weighted by molar-refractivity contribution is 5.39. The Morgan fingerprint density at radius 1 is 1.32 bits per heavy atom. The van der Waals surface area contributed by atoms with E-state index < -0.39 is 0 Å². The summed E-state index contributed by atoms with van der Waals surface area (Å²) in [6.07, 6.45) is 6.29. The Morgan fingerprint density at radius 2 is 2.11 bits per heavy atom. The molecule has 0 aromatic carbocycles. The van der Waals surface area contributed by atoms with Gasteiger partial charge < -0.3 is 9.51 Å². The zero-order chi connectivity index (χ0) is 13.7. The first kappa shape index (κ1) is 14.0. The number of imidazole rings is 1. The van der Waals surface area contributed by atoms with E-state index >= 15 is 0 Å². The molecule has 4 heteroatoms. The van der Waals surface area contributed by atoms with E-state index in [1.165, 1.54) is 0 Å². The lowest BCUT2D eigenvalue weighted by atomic mass is 10.1. The maximum absolute atomic E-state index is 9.23. The van der Waals surface area contributed by atoms with Gasteiger partial charge >= 0.3 is 0 Å². The number of nitrogens with zero attached hydrogens (tertiary/aromatic N) is 3. The molecule has 0 bridgehead atoms. The topological polar surface area (TPSA) is 40.8 Å². The summed E-state index contributed by atoms with van der Waals surface area (Å²) >= 11 is 0. The Hall–Kier alpha value is -1.39. The van der Waals surface area contributed by atoms with Gasteiger partial charge in [-0.1, -0.05) is 19.9 Å². The maximum atomic E-state index is 9.23. The number of aromatic nitrogens is 2. The SMILES string of the molecule is CCC(CC)N(CCO)Cc1cn2ccccc2n1. The van der Waals surface area contributed by atoms with Gasteiger partial charge in [-0.05, 0) is 25.0 Å². The molecule has 4 nitrogen and oxygen atoms in total. The lowest BCUT2D eigenvalue weighted by Gasteiger charge is -2.28. The van der Waals surface area contributed by atoms with Crippen LogP contribution < -0.4 is 0 Å². The second kappa shape index (κ2) is 6.68. The Morgan fingerprint density at radius 3 is 2.74 bits per heavy atom. The van der Waals surface area contributed by atoms with E-state index in [1.54, 1.807) is 0 Å². The van der Waals surface area contributed by atoms with E-state index in [9.17, 15) is 5.11 Å². The van der Waals surface area contributed by atoms with Crippen molar-refractivity contribution in [3.63, 3.8) is 0 Å². The second-order valence-electron chi connectivity index (χ2n) is 4.86. The van der Waals surface area contributed by atoms with Crippen molar-refractivity contribution in [2.75, 3.05) is 13.2 Å². The largest absolute Gasteiger partial charge is 0.395 e. The van der Waals surface area contributed by atoms with Crippen LogP contribution in [0, 0.1) is 0 Å². The molecule has 0 amide bonds. The molecule has 2 aromatic rings. The molecule has 0 saturated carbocycles. The molecule has 0 aliphatic carbocycles. The van der Waals surface area contributed by atoms with Gasteiger partial charge in [-0.3, -0.25) is 4.90 Å².